The van der Waals surface area contributed by atoms with Gasteiger partial charge in [0.15, 0.2) is 4.21 Å². The highest BCUT2D eigenvalue weighted by Gasteiger charge is 2.23. The van der Waals surface area contributed by atoms with Crippen LogP contribution in [0, 0.1) is 6.92 Å². The van der Waals surface area contributed by atoms with Crippen molar-refractivity contribution in [3.05, 3.63) is 44.7 Å². The number of fused-ring (bicyclic) bond motifs is 1. The van der Waals surface area contributed by atoms with Gasteiger partial charge in [-0.3, -0.25) is 9.52 Å². The zero-order valence-corrected chi connectivity index (χ0v) is 13.2. The Kier molecular flexibility index (Phi) is 3.62. The third-order valence-corrected chi connectivity index (χ3v) is 6.64. The lowest BCUT2D eigenvalue weighted by molar-refractivity contribution is 0.602. The number of sulfonamides is 1. The minimum Gasteiger partial charge on any atom is -0.315 e. The van der Waals surface area contributed by atoms with Crippen LogP contribution in [-0.2, 0) is 22.9 Å². The number of aromatic nitrogens is 1. The van der Waals surface area contributed by atoms with Gasteiger partial charge in [-0.05, 0) is 49.8 Å². The minimum absolute atomic E-state index is 0.0564. The van der Waals surface area contributed by atoms with Crippen molar-refractivity contribution in [2.24, 2.45) is 0 Å². The second kappa shape index (κ2) is 5.31. The van der Waals surface area contributed by atoms with Crippen LogP contribution in [0.1, 0.15) is 29.7 Å². The quantitative estimate of drug-likeness (QED) is 0.910. The summed E-state index contributed by atoms with van der Waals surface area (Å²) in [5, 5.41) is 0. The number of H-pyrrole nitrogens is 1. The van der Waals surface area contributed by atoms with Gasteiger partial charge < -0.3 is 4.98 Å². The molecule has 5 nitrogen and oxygen atoms in total. The summed E-state index contributed by atoms with van der Waals surface area (Å²) < 4.78 is 27.6. The highest BCUT2D eigenvalue weighted by Crippen LogP contribution is 2.30. The Morgan fingerprint density at radius 2 is 2.00 bits per heavy atom. The molecule has 0 unspecified atom stereocenters. The van der Waals surface area contributed by atoms with Gasteiger partial charge in [-0.25, -0.2) is 8.42 Å². The summed E-state index contributed by atoms with van der Waals surface area (Å²) in [6.45, 7) is 1.59. The standard InChI is InChI=1S/C14H16N2O3S2/c1-9-13(20-14(17)15-9)21(18,19)16-12-8-4-6-10-5-2-3-7-11(10)12/h4,6,8,16H,2-3,5,7H2,1H3,(H,15,17). The molecule has 1 aromatic carbocycles. The second-order valence-electron chi connectivity index (χ2n) is 5.18. The zero-order valence-electron chi connectivity index (χ0n) is 11.6. The van der Waals surface area contributed by atoms with Crippen LogP contribution in [0.25, 0.3) is 0 Å². The fourth-order valence-electron chi connectivity index (χ4n) is 2.71. The Bertz CT molecular complexity index is 834. The number of benzene rings is 1. The first-order chi connectivity index (χ1) is 9.97. The van der Waals surface area contributed by atoms with E-state index in [1.54, 1.807) is 13.0 Å². The fraction of sp³-hybridized carbons (Fsp3) is 0.357. The first-order valence-corrected chi connectivity index (χ1v) is 9.10. The van der Waals surface area contributed by atoms with Crippen LogP contribution >= 0.6 is 11.3 Å². The molecule has 0 spiro atoms. The molecule has 0 amide bonds. The molecule has 7 heteroatoms. The first kappa shape index (κ1) is 14.3. The molecule has 112 valence electrons. The van der Waals surface area contributed by atoms with Gasteiger partial charge in [0.1, 0.15) is 0 Å². The SMILES string of the molecule is Cc1[nH]c(=O)sc1S(=O)(=O)Nc1cccc2c1CCCC2. The molecule has 0 saturated heterocycles. The number of aromatic amines is 1. The molecule has 0 bridgehead atoms. The Labute approximate surface area is 127 Å². The zero-order chi connectivity index (χ0) is 15.0. The van der Waals surface area contributed by atoms with Crippen molar-refractivity contribution < 1.29 is 8.42 Å². The highest BCUT2D eigenvalue weighted by molar-refractivity contribution is 7.94. The van der Waals surface area contributed by atoms with Crippen LogP contribution in [-0.4, -0.2) is 13.4 Å². The highest BCUT2D eigenvalue weighted by atomic mass is 32.2. The van der Waals surface area contributed by atoms with Crippen LogP contribution in [0.3, 0.4) is 0 Å². The molecule has 0 saturated carbocycles. The van der Waals surface area contributed by atoms with Crippen LogP contribution < -0.4 is 9.60 Å². The number of hydrogen-bond donors (Lipinski definition) is 2. The third-order valence-electron chi connectivity index (χ3n) is 3.67. The van der Waals surface area contributed by atoms with E-state index in [4.69, 9.17) is 0 Å². The molecule has 2 aromatic rings. The van der Waals surface area contributed by atoms with E-state index in [1.807, 2.05) is 12.1 Å². The Morgan fingerprint density at radius 1 is 1.24 bits per heavy atom. The van der Waals surface area contributed by atoms with Crippen molar-refractivity contribution in [3.63, 3.8) is 0 Å². The number of thiazole rings is 1. The molecule has 21 heavy (non-hydrogen) atoms. The van der Waals surface area contributed by atoms with Gasteiger partial charge >= 0.3 is 4.87 Å². The van der Waals surface area contributed by atoms with Crippen molar-refractivity contribution >= 4 is 27.0 Å². The fourth-order valence-corrected chi connectivity index (χ4v) is 5.11. The van der Waals surface area contributed by atoms with Crippen molar-refractivity contribution in [2.45, 2.75) is 36.8 Å². The van der Waals surface area contributed by atoms with Crippen molar-refractivity contribution in [2.75, 3.05) is 4.72 Å². The molecule has 1 aliphatic rings. The van der Waals surface area contributed by atoms with Gasteiger partial charge in [0.25, 0.3) is 10.0 Å². The normalized spacial score (nSPS) is 14.7. The summed E-state index contributed by atoms with van der Waals surface area (Å²) in [6, 6.07) is 5.70. The lowest BCUT2D eigenvalue weighted by atomic mass is 9.91. The molecule has 0 radical (unpaired) electrons. The summed E-state index contributed by atoms with van der Waals surface area (Å²) in [5.41, 5.74) is 3.29. The van der Waals surface area contributed by atoms with Gasteiger partial charge in [-0.2, -0.15) is 0 Å². The summed E-state index contributed by atoms with van der Waals surface area (Å²) in [5.74, 6) is 0. The predicted molar refractivity (Wildman–Crippen MR) is 83.6 cm³/mol. The summed E-state index contributed by atoms with van der Waals surface area (Å²) in [6.07, 6.45) is 4.09. The van der Waals surface area contributed by atoms with Crippen molar-refractivity contribution in [1.82, 2.24) is 4.98 Å². The van der Waals surface area contributed by atoms with E-state index in [0.29, 0.717) is 22.7 Å². The van der Waals surface area contributed by atoms with E-state index in [1.165, 1.54) is 5.56 Å². The van der Waals surface area contributed by atoms with Crippen LogP contribution in [0.2, 0.25) is 0 Å². The minimum atomic E-state index is -3.72. The monoisotopic (exact) mass is 324 g/mol. The Hall–Kier alpha value is -1.60. The maximum absolute atomic E-state index is 12.5. The van der Waals surface area contributed by atoms with E-state index in [2.05, 4.69) is 9.71 Å². The maximum atomic E-state index is 12.5. The molecule has 0 atom stereocenters. The van der Waals surface area contributed by atoms with Gasteiger partial charge in [-0.15, -0.1) is 0 Å². The van der Waals surface area contributed by atoms with Gasteiger partial charge in [0.05, 0.1) is 5.69 Å². The number of hydrogen-bond acceptors (Lipinski definition) is 4. The molecule has 1 aromatic heterocycles. The first-order valence-electron chi connectivity index (χ1n) is 6.81. The van der Waals surface area contributed by atoms with E-state index in [-0.39, 0.29) is 9.08 Å². The van der Waals surface area contributed by atoms with Gasteiger partial charge in [-0.1, -0.05) is 23.5 Å². The Balaban J connectivity index is 2.00. The molecule has 3 rings (SSSR count). The molecule has 2 N–H and O–H groups in total. The number of aryl methyl sites for hydroxylation is 2. The molecule has 1 aliphatic carbocycles. The molecule has 0 aliphatic heterocycles. The van der Waals surface area contributed by atoms with E-state index < -0.39 is 10.0 Å². The maximum Gasteiger partial charge on any atom is 0.306 e. The summed E-state index contributed by atoms with van der Waals surface area (Å²) >= 11 is 0.716. The van der Waals surface area contributed by atoms with Gasteiger partial charge in [0.2, 0.25) is 0 Å². The van der Waals surface area contributed by atoms with E-state index >= 15 is 0 Å². The van der Waals surface area contributed by atoms with Crippen LogP contribution in [0.5, 0.6) is 0 Å². The van der Waals surface area contributed by atoms with Crippen molar-refractivity contribution in [3.8, 4) is 0 Å². The average molecular weight is 324 g/mol. The molecule has 1 heterocycles. The predicted octanol–water partition coefficient (Wildman–Crippen LogP) is 2.42. The van der Waals surface area contributed by atoms with Crippen LogP contribution in [0.4, 0.5) is 5.69 Å². The van der Waals surface area contributed by atoms with E-state index in [9.17, 15) is 13.2 Å². The summed E-state index contributed by atoms with van der Waals surface area (Å²) in [4.78, 5) is 13.5. The topological polar surface area (TPSA) is 79.0 Å². The lowest BCUT2D eigenvalue weighted by Crippen LogP contribution is -2.16. The molecular formula is C14H16N2O3S2. The number of nitrogens with one attached hydrogen (secondary N) is 2. The number of anilines is 1. The average Bonchev–Trinajstić information content (AvgIpc) is 2.79. The Morgan fingerprint density at radius 3 is 2.71 bits per heavy atom. The smallest absolute Gasteiger partial charge is 0.306 e. The third kappa shape index (κ3) is 2.75. The lowest BCUT2D eigenvalue weighted by Gasteiger charge is -2.19. The largest absolute Gasteiger partial charge is 0.315 e. The van der Waals surface area contributed by atoms with Crippen molar-refractivity contribution in [1.29, 1.82) is 0 Å². The van der Waals surface area contributed by atoms with Crippen LogP contribution in [0.15, 0.2) is 27.2 Å². The second-order valence-corrected chi connectivity index (χ2v) is 8.04. The summed E-state index contributed by atoms with van der Waals surface area (Å²) in [7, 11) is -3.72. The number of rotatable bonds is 3. The van der Waals surface area contributed by atoms with E-state index in [0.717, 1.165) is 31.2 Å². The molecule has 0 fully saturated rings. The van der Waals surface area contributed by atoms with Gasteiger partial charge in [0, 0.05) is 5.69 Å². The molecular weight excluding hydrogens is 308 g/mol.